The molecule has 0 aliphatic heterocycles. The largest absolute Gasteiger partial charge is 0.456 e. The first-order valence-corrected chi connectivity index (χ1v) is 12.2. The number of furan rings is 1. The second kappa shape index (κ2) is 8.96. The Labute approximate surface area is 198 Å². The number of allylic oxidation sites excluding steroid dienone is 5. The van der Waals surface area contributed by atoms with E-state index in [1.54, 1.807) is 0 Å². The Morgan fingerprint density at radius 1 is 0.812 bits per heavy atom. The van der Waals surface area contributed by atoms with E-state index in [1.807, 2.05) is 6.92 Å². The molecule has 3 aromatic rings. The highest BCUT2D eigenvalue weighted by atomic mass is 79.9. The molecule has 1 nitrogen and oxygen atoms in total. The third-order valence-electron chi connectivity index (χ3n) is 6.37. The Balaban J connectivity index is 1.55. The lowest BCUT2D eigenvalue weighted by Crippen LogP contribution is -2.22. The van der Waals surface area contributed by atoms with Crippen LogP contribution in [0.1, 0.15) is 55.6 Å². The predicted molar refractivity (Wildman–Crippen MR) is 140 cm³/mol. The fourth-order valence-electron chi connectivity index (χ4n) is 4.79. The summed E-state index contributed by atoms with van der Waals surface area (Å²) >= 11 is 3.75. The fraction of sp³-hybridized carbons (Fsp3) is 0.200. The van der Waals surface area contributed by atoms with Crippen LogP contribution < -0.4 is 10.6 Å². The van der Waals surface area contributed by atoms with Gasteiger partial charge in [0.2, 0.25) is 0 Å². The first-order valence-electron chi connectivity index (χ1n) is 11.4. The Morgan fingerprint density at radius 2 is 1.59 bits per heavy atom. The molecule has 5 rings (SSSR count). The van der Waals surface area contributed by atoms with E-state index in [0.717, 1.165) is 41.3 Å². The Kier molecular flexibility index (Phi) is 5.89. The maximum Gasteiger partial charge on any atom is 0.138 e. The summed E-state index contributed by atoms with van der Waals surface area (Å²) in [4.78, 5) is 0. The minimum atomic E-state index is 0.974. The van der Waals surface area contributed by atoms with Gasteiger partial charge in [0.15, 0.2) is 0 Å². The number of benzene rings is 2. The van der Waals surface area contributed by atoms with Crippen molar-refractivity contribution in [1.82, 2.24) is 0 Å². The summed E-state index contributed by atoms with van der Waals surface area (Å²) < 4.78 is 7.41. The Hall–Kier alpha value is -2.84. The lowest BCUT2D eigenvalue weighted by Gasteiger charge is -2.15. The number of rotatable bonds is 3. The van der Waals surface area contributed by atoms with Gasteiger partial charge in [-0.15, -0.1) is 0 Å². The molecule has 0 saturated carbocycles. The maximum absolute atomic E-state index is 6.33. The molecule has 0 radical (unpaired) electrons. The standard InChI is InChI=1S/C30H27BrO/c1-3-26-28-12-8-11-27(30(28)32-29(26)4-2)24-17-23(18-25(31)19-24)22-15-13-21(14-16-22)20-9-6-5-7-10-20/h3-4,6,9-11,13-19H,5,7-8,12H2,1-2H3/b26-3-,29-4+. The molecule has 0 atom stereocenters. The van der Waals surface area contributed by atoms with Crippen LogP contribution in [0.4, 0.5) is 0 Å². The van der Waals surface area contributed by atoms with Gasteiger partial charge >= 0.3 is 0 Å². The van der Waals surface area contributed by atoms with Crippen molar-refractivity contribution in [2.24, 2.45) is 0 Å². The van der Waals surface area contributed by atoms with Crippen LogP contribution in [0.25, 0.3) is 34.4 Å². The zero-order chi connectivity index (χ0) is 22.1. The SMILES string of the molecule is C/C=c1/c2c(o/c1=C/C)C(c1cc(Br)cc(-c3ccc(C4=CCCC=C4)cc3)c1)=CCC2. The van der Waals surface area contributed by atoms with Gasteiger partial charge in [-0.05, 0) is 91.6 Å². The first kappa shape index (κ1) is 21.0. The van der Waals surface area contributed by atoms with Crippen LogP contribution in [-0.2, 0) is 6.42 Å². The highest BCUT2D eigenvalue weighted by Gasteiger charge is 2.21. The molecule has 0 unspecified atom stereocenters. The average molecular weight is 483 g/mol. The van der Waals surface area contributed by atoms with Crippen molar-refractivity contribution < 1.29 is 4.42 Å². The van der Waals surface area contributed by atoms with Gasteiger partial charge in [-0.25, -0.2) is 0 Å². The number of fused-ring (bicyclic) bond motifs is 1. The van der Waals surface area contributed by atoms with Crippen LogP contribution in [0.3, 0.4) is 0 Å². The Bertz CT molecular complexity index is 1380. The second-order valence-electron chi connectivity index (χ2n) is 8.37. The average Bonchev–Trinajstić information content (AvgIpc) is 3.22. The van der Waals surface area contributed by atoms with Crippen molar-refractivity contribution in [3.05, 3.63) is 104 Å². The smallest absolute Gasteiger partial charge is 0.138 e. The van der Waals surface area contributed by atoms with Crippen molar-refractivity contribution in [3.8, 4) is 11.1 Å². The minimum Gasteiger partial charge on any atom is -0.456 e. The highest BCUT2D eigenvalue weighted by Crippen LogP contribution is 2.35. The van der Waals surface area contributed by atoms with Crippen LogP contribution in [0, 0.1) is 0 Å². The van der Waals surface area contributed by atoms with Crippen molar-refractivity contribution in [2.45, 2.75) is 39.5 Å². The molecule has 2 aliphatic rings. The Morgan fingerprint density at radius 3 is 2.31 bits per heavy atom. The van der Waals surface area contributed by atoms with E-state index >= 15 is 0 Å². The molecule has 2 heteroatoms. The molecule has 0 amide bonds. The summed E-state index contributed by atoms with van der Waals surface area (Å²) in [6.07, 6.45) is 17.7. The van der Waals surface area contributed by atoms with E-state index in [-0.39, 0.29) is 0 Å². The molecule has 160 valence electrons. The third kappa shape index (κ3) is 3.89. The van der Waals surface area contributed by atoms with Crippen LogP contribution in [0.15, 0.2) is 75.7 Å². The molecule has 0 saturated heterocycles. The number of hydrogen-bond donors (Lipinski definition) is 0. The van der Waals surface area contributed by atoms with E-state index in [4.69, 9.17) is 4.42 Å². The molecule has 2 aliphatic carbocycles. The molecular formula is C30H27BrO. The van der Waals surface area contributed by atoms with E-state index in [1.165, 1.54) is 44.2 Å². The van der Waals surface area contributed by atoms with Gasteiger partial charge in [0.05, 0.1) is 0 Å². The van der Waals surface area contributed by atoms with Crippen LogP contribution in [0.5, 0.6) is 0 Å². The first-order chi connectivity index (χ1) is 15.7. The molecule has 1 heterocycles. The van der Waals surface area contributed by atoms with Gasteiger partial charge < -0.3 is 4.42 Å². The fourth-order valence-corrected chi connectivity index (χ4v) is 5.28. The molecular weight excluding hydrogens is 456 g/mol. The molecule has 0 bridgehead atoms. The predicted octanol–water partition coefficient (Wildman–Crippen LogP) is 7.42. The van der Waals surface area contributed by atoms with Gasteiger partial charge in [-0.3, -0.25) is 0 Å². The van der Waals surface area contributed by atoms with E-state index in [0.29, 0.717) is 0 Å². The molecule has 32 heavy (non-hydrogen) atoms. The second-order valence-corrected chi connectivity index (χ2v) is 9.28. The van der Waals surface area contributed by atoms with Gasteiger partial charge in [0, 0.05) is 20.8 Å². The topological polar surface area (TPSA) is 13.1 Å². The quantitative estimate of drug-likeness (QED) is 0.378. The monoisotopic (exact) mass is 482 g/mol. The van der Waals surface area contributed by atoms with Crippen LogP contribution >= 0.6 is 15.9 Å². The summed E-state index contributed by atoms with van der Waals surface area (Å²) in [5.74, 6) is 1.02. The molecule has 1 aromatic heterocycles. The summed E-state index contributed by atoms with van der Waals surface area (Å²) in [6, 6.07) is 15.6. The van der Waals surface area contributed by atoms with Crippen molar-refractivity contribution in [2.75, 3.05) is 0 Å². The van der Waals surface area contributed by atoms with E-state index in [9.17, 15) is 0 Å². The summed E-state index contributed by atoms with van der Waals surface area (Å²) in [5.41, 5.74) is 9.72. The zero-order valence-corrected chi connectivity index (χ0v) is 20.2. The number of halogens is 1. The van der Waals surface area contributed by atoms with Gasteiger partial charge in [-0.1, -0.05) is 70.6 Å². The van der Waals surface area contributed by atoms with Gasteiger partial charge in [-0.2, -0.15) is 0 Å². The van der Waals surface area contributed by atoms with Crippen molar-refractivity contribution >= 4 is 39.2 Å². The summed E-state index contributed by atoms with van der Waals surface area (Å²) in [6.45, 7) is 4.14. The summed E-state index contributed by atoms with van der Waals surface area (Å²) in [7, 11) is 0. The van der Waals surface area contributed by atoms with Gasteiger partial charge in [0.1, 0.15) is 11.2 Å². The lowest BCUT2D eigenvalue weighted by atomic mass is 9.90. The maximum atomic E-state index is 6.33. The molecule has 0 N–H and O–H groups in total. The molecule has 2 aromatic carbocycles. The third-order valence-corrected chi connectivity index (χ3v) is 6.83. The van der Waals surface area contributed by atoms with Gasteiger partial charge in [0.25, 0.3) is 0 Å². The highest BCUT2D eigenvalue weighted by molar-refractivity contribution is 9.10. The van der Waals surface area contributed by atoms with Crippen LogP contribution in [-0.4, -0.2) is 0 Å². The van der Waals surface area contributed by atoms with E-state index in [2.05, 4.69) is 102 Å². The summed E-state index contributed by atoms with van der Waals surface area (Å²) in [5, 5.41) is 1.24. The minimum absolute atomic E-state index is 0.974. The number of hydrogen-bond acceptors (Lipinski definition) is 1. The zero-order valence-electron chi connectivity index (χ0n) is 18.6. The molecule has 0 fully saturated rings. The van der Waals surface area contributed by atoms with E-state index < -0.39 is 0 Å². The molecule has 0 spiro atoms. The van der Waals surface area contributed by atoms with Crippen molar-refractivity contribution in [1.29, 1.82) is 0 Å². The normalized spacial score (nSPS) is 16.7. The van der Waals surface area contributed by atoms with Crippen LogP contribution in [0.2, 0.25) is 0 Å². The lowest BCUT2D eigenvalue weighted by molar-refractivity contribution is 0.514. The van der Waals surface area contributed by atoms with Crippen molar-refractivity contribution in [3.63, 3.8) is 0 Å².